The van der Waals surface area contributed by atoms with Crippen LogP contribution >= 0.6 is 34.7 Å². The van der Waals surface area contributed by atoms with Gasteiger partial charge < -0.3 is 4.74 Å². The first kappa shape index (κ1) is 17.0. The zero-order valence-electron chi connectivity index (χ0n) is 12.8. The van der Waals surface area contributed by atoms with Gasteiger partial charge in [0, 0.05) is 16.7 Å². The molecule has 5 nitrogen and oxygen atoms in total. The summed E-state index contributed by atoms with van der Waals surface area (Å²) in [5, 5.41) is 11.8. The van der Waals surface area contributed by atoms with E-state index in [2.05, 4.69) is 15.5 Å². The van der Waals surface area contributed by atoms with Crippen LogP contribution in [0.5, 0.6) is 5.75 Å². The lowest BCUT2D eigenvalue weighted by Gasteiger charge is -2.16. The smallest absolute Gasteiger partial charge is 0.250 e. The molecule has 0 spiro atoms. The fourth-order valence-electron chi connectivity index (χ4n) is 2.03. The maximum atomic E-state index is 12.0. The lowest BCUT2D eigenvalue weighted by atomic mass is 10.1. The molecule has 3 rings (SSSR count). The number of hydrogen-bond donors (Lipinski definition) is 1. The summed E-state index contributed by atoms with van der Waals surface area (Å²) in [6.45, 7) is 2.45. The third-order valence-electron chi connectivity index (χ3n) is 3.06. The Balaban J connectivity index is 1.63. The standard InChI is InChI=1S/C16H14ClN3O2S2/c1-2-23-16-20-19-15(24-16)18-14(21)6-3-10-7-11-8-12(17)4-5-13(11)22-9-10/h3-8H,2,9H2,1H3,(H,18,19,21)/b6-3+. The molecule has 124 valence electrons. The molecule has 2 aromatic rings. The summed E-state index contributed by atoms with van der Waals surface area (Å²) in [6.07, 6.45) is 5.14. The molecule has 1 aliphatic rings. The molecular weight excluding hydrogens is 366 g/mol. The molecule has 1 aliphatic heterocycles. The number of rotatable bonds is 5. The molecule has 0 unspecified atom stereocenters. The van der Waals surface area contributed by atoms with Crippen LogP contribution in [-0.2, 0) is 4.79 Å². The van der Waals surface area contributed by atoms with Crippen molar-refractivity contribution in [3.05, 3.63) is 46.5 Å². The molecule has 2 heterocycles. The maximum Gasteiger partial charge on any atom is 0.250 e. The average molecular weight is 380 g/mol. The van der Waals surface area contributed by atoms with E-state index in [1.165, 1.54) is 17.4 Å². The molecule has 0 saturated heterocycles. The van der Waals surface area contributed by atoms with Gasteiger partial charge in [-0.3, -0.25) is 10.1 Å². The van der Waals surface area contributed by atoms with Gasteiger partial charge in [-0.15, -0.1) is 10.2 Å². The molecule has 0 aliphatic carbocycles. The number of amides is 1. The van der Waals surface area contributed by atoms with Crippen molar-refractivity contribution in [3.8, 4) is 5.75 Å². The maximum absolute atomic E-state index is 12.0. The quantitative estimate of drug-likeness (QED) is 0.477. The highest BCUT2D eigenvalue weighted by Crippen LogP contribution is 2.29. The third-order valence-corrected chi connectivity index (χ3v) is 5.15. The fraction of sp³-hybridized carbons (Fsp3) is 0.188. The summed E-state index contributed by atoms with van der Waals surface area (Å²) in [5.41, 5.74) is 1.79. The number of aromatic nitrogens is 2. The highest BCUT2D eigenvalue weighted by atomic mass is 35.5. The van der Waals surface area contributed by atoms with Crippen molar-refractivity contribution in [3.63, 3.8) is 0 Å². The van der Waals surface area contributed by atoms with Crippen molar-refractivity contribution >= 4 is 51.8 Å². The number of fused-ring (bicyclic) bond motifs is 1. The Morgan fingerprint density at radius 3 is 3.21 bits per heavy atom. The Hall–Kier alpha value is -1.83. The predicted molar refractivity (Wildman–Crippen MR) is 99.0 cm³/mol. The van der Waals surface area contributed by atoms with Gasteiger partial charge >= 0.3 is 0 Å². The van der Waals surface area contributed by atoms with Crippen molar-refractivity contribution in [1.82, 2.24) is 10.2 Å². The number of carbonyl (C=O) groups excluding carboxylic acids is 1. The van der Waals surface area contributed by atoms with Gasteiger partial charge in [-0.1, -0.05) is 47.7 Å². The number of halogens is 1. The van der Waals surface area contributed by atoms with Gasteiger partial charge in [0.2, 0.25) is 11.0 Å². The number of hydrogen-bond acceptors (Lipinski definition) is 6. The topological polar surface area (TPSA) is 64.1 Å². The van der Waals surface area contributed by atoms with Crippen molar-refractivity contribution in [2.24, 2.45) is 0 Å². The highest BCUT2D eigenvalue weighted by molar-refractivity contribution is 8.01. The van der Waals surface area contributed by atoms with Crippen molar-refractivity contribution in [1.29, 1.82) is 0 Å². The Morgan fingerprint density at radius 1 is 1.50 bits per heavy atom. The second kappa shape index (κ2) is 7.83. The van der Waals surface area contributed by atoms with Crippen LogP contribution in [0.4, 0.5) is 5.13 Å². The first-order chi connectivity index (χ1) is 11.6. The summed E-state index contributed by atoms with van der Waals surface area (Å²) in [4.78, 5) is 12.0. The molecule has 0 bridgehead atoms. The number of carbonyl (C=O) groups is 1. The van der Waals surface area contributed by atoms with Gasteiger partial charge in [0.05, 0.1) is 0 Å². The first-order valence-electron chi connectivity index (χ1n) is 7.22. The zero-order valence-corrected chi connectivity index (χ0v) is 15.2. The van der Waals surface area contributed by atoms with E-state index in [0.717, 1.165) is 27.0 Å². The van der Waals surface area contributed by atoms with Gasteiger partial charge in [-0.2, -0.15) is 0 Å². The van der Waals surface area contributed by atoms with E-state index in [4.69, 9.17) is 16.3 Å². The second-order valence-electron chi connectivity index (χ2n) is 4.82. The minimum Gasteiger partial charge on any atom is -0.488 e. The van der Waals surface area contributed by atoms with Crippen LogP contribution in [0, 0.1) is 0 Å². The summed E-state index contributed by atoms with van der Waals surface area (Å²) >= 11 is 8.94. The normalized spacial score (nSPS) is 13.3. The van der Waals surface area contributed by atoms with Crippen LogP contribution in [0.15, 0.2) is 40.3 Å². The number of anilines is 1. The summed E-state index contributed by atoms with van der Waals surface area (Å²) in [5.74, 6) is 1.45. The van der Waals surface area contributed by atoms with Crippen LogP contribution in [0.3, 0.4) is 0 Å². The minimum absolute atomic E-state index is 0.253. The number of nitrogens with zero attached hydrogens (tertiary/aromatic N) is 2. The zero-order chi connectivity index (χ0) is 16.9. The Labute approximate surface area is 152 Å². The minimum atomic E-state index is -0.253. The summed E-state index contributed by atoms with van der Waals surface area (Å²) in [7, 11) is 0. The monoisotopic (exact) mass is 379 g/mol. The molecule has 24 heavy (non-hydrogen) atoms. The number of ether oxygens (including phenoxy) is 1. The molecule has 1 N–H and O–H groups in total. The van der Waals surface area contributed by atoms with E-state index in [1.807, 2.05) is 25.1 Å². The van der Waals surface area contributed by atoms with Crippen LogP contribution in [0.25, 0.3) is 6.08 Å². The van der Waals surface area contributed by atoms with Crippen LogP contribution in [0.1, 0.15) is 12.5 Å². The van der Waals surface area contributed by atoms with Gasteiger partial charge in [-0.25, -0.2) is 0 Å². The lowest BCUT2D eigenvalue weighted by Crippen LogP contribution is -2.09. The van der Waals surface area contributed by atoms with E-state index in [9.17, 15) is 4.79 Å². The fourth-order valence-corrected chi connectivity index (χ4v) is 3.87. The molecular formula is C16H14ClN3O2S2. The molecule has 0 radical (unpaired) electrons. The highest BCUT2D eigenvalue weighted by Gasteiger charge is 2.11. The number of nitrogens with one attached hydrogen (secondary N) is 1. The van der Waals surface area contributed by atoms with Crippen molar-refractivity contribution < 1.29 is 9.53 Å². The SMILES string of the molecule is CCSc1nnc(NC(=O)/C=C/C2=Cc3cc(Cl)ccc3OC2)s1. The number of thioether (sulfide) groups is 1. The average Bonchev–Trinajstić information content (AvgIpc) is 3.00. The first-order valence-corrected chi connectivity index (χ1v) is 9.40. The van der Waals surface area contributed by atoms with Crippen molar-refractivity contribution in [2.45, 2.75) is 11.3 Å². The largest absolute Gasteiger partial charge is 0.488 e. The van der Waals surface area contributed by atoms with Crippen LogP contribution in [0.2, 0.25) is 5.02 Å². The lowest BCUT2D eigenvalue weighted by molar-refractivity contribution is -0.111. The van der Waals surface area contributed by atoms with Gasteiger partial charge in [0.25, 0.3) is 0 Å². The Kier molecular flexibility index (Phi) is 5.55. The third kappa shape index (κ3) is 4.37. The molecule has 0 saturated carbocycles. The summed E-state index contributed by atoms with van der Waals surface area (Å²) < 4.78 is 6.48. The molecule has 0 fully saturated rings. The van der Waals surface area contributed by atoms with E-state index in [-0.39, 0.29) is 5.91 Å². The second-order valence-corrected chi connectivity index (χ2v) is 7.74. The predicted octanol–water partition coefficient (Wildman–Crippen LogP) is 4.27. The Bertz CT molecular complexity index is 817. The van der Waals surface area contributed by atoms with Crippen molar-refractivity contribution in [2.75, 3.05) is 17.7 Å². The van der Waals surface area contributed by atoms with E-state index < -0.39 is 0 Å². The summed E-state index contributed by atoms with van der Waals surface area (Å²) in [6, 6.07) is 5.45. The van der Waals surface area contributed by atoms with E-state index >= 15 is 0 Å². The molecule has 0 atom stereocenters. The van der Waals surface area contributed by atoms with Gasteiger partial charge in [0.15, 0.2) is 4.34 Å². The van der Waals surface area contributed by atoms with E-state index in [0.29, 0.717) is 16.8 Å². The molecule has 1 amide bonds. The van der Waals surface area contributed by atoms with Gasteiger partial charge in [-0.05, 0) is 35.6 Å². The van der Waals surface area contributed by atoms with E-state index in [1.54, 1.807) is 23.9 Å². The molecule has 8 heteroatoms. The van der Waals surface area contributed by atoms with Crippen LogP contribution in [-0.4, -0.2) is 28.5 Å². The molecule has 1 aromatic carbocycles. The van der Waals surface area contributed by atoms with Gasteiger partial charge in [0.1, 0.15) is 12.4 Å². The molecule has 1 aromatic heterocycles. The number of benzene rings is 1. The Morgan fingerprint density at radius 2 is 2.38 bits per heavy atom. The van der Waals surface area contributed by atoms with Crippen LogP contribution < -0.4 is 10.1 Å².